The van der Waals surface area contributed by atoms with Gasteiger partial charge in [0, 0.05) is 125 Å². The number of nitrogens with zero attached hydrogens (tertiary/aromatic N) is 10. The van der Waals surface area contributed by atoms with E-state index >= 15 is 0 Å². The number of carbonyl (C=O) groups excluding carboxylic acids is 2. The van der Waals surface area contributed by atoms with E-state index in [-0.39, 0.29) is 36.4 Å². The Morgan fingerprint density at radius 1 is 0.538 bits per heavy atom. The minimum atomic E-state index is -0.535. The highest BCUT2D eigenvalue weighted by atomic mass is 79.9. The van der Waals surface area contributed by atoms with Crippen LogP contribution in [0.2, 0.25) is 0 Å². The molecule has 0 bridgehead atoms. The van der Waals surface area contributed by atoms with Crippen molar-refractivity contribution in [2.75, 3.05) is 67.1 Å². The van der Waals surface area contributed by atoms with Gasteiger partial charge in [-0.15, -0.1) is 12.4 Å². The van der Waals surface area contributed by atoms with Gasteiger partial charge in [-0.1, -0.05) is 72.1 Å². The lowest BCUT2D eigenvalue weighted by Gasteiger charge is -2.21. The number of aromatic nitrogens is 4. The number of halogens is 5. The van der Waals surface area contributed by atoms with Crippen molar-refractivity contribution < 1.29 is 32.9 Å². The van der Waals surface area contributed by atoms with Crippen molar-refractivity contribution in [2.45, 2.75) is 77.8 Å². The molecule has 4 saturated heterocycles. The van der Waals surface area contributed by atoms with Crippen LogP contribution < -0.4 is 50.4 Å². The molecule has 2 amide bonds. The topological polar surface area (TPSA) is 229 Å². The van der Waals surface area contributed by atoms with Gasteiger partial charge >= 0.3 is 0 Å². The van der Waals surface area contributed by atoms with Crippen LogP contribution in [0.1, 0.15) is 74.2 Å². The first-order valence-corrected chi connectivity index (χ1v) is 32.0. The Morgan fingerprint density at radius 2 is 0.914 bits per heavy atom. The van der Waals surface area contributed by atoms with Gasteiger partial charge in [0.15, 0.2) is 0 Å². The van der Waals surface area contributed by atoms with Gasteiger partial charge in [0.2, 0.25) is 34.9 Å². The summed E-state index contributed by atoms with van der Waals surface area (Å²) in [6.45, 7) is 28.5. The third-order valence-corrected chi connectivity index (χ3v) is 16.3. The van der Waals surface area contributed by atoms with Crippen molar-refractivity contribution in [1.82, 2.24) is 25.3 Å². The highest BCUT2D eigenvalue weighted by Crippen LogP contribution is 2.35. The Morgan fingerprint density at radius 3 is 1.29 bits per heavy atom. The zero-order valence-electron chi connectivity index (χ0n) is 51.6. The number of primary amides is 2. The van der Waals surface area contributed by atoms with E-state index in [2.05, 4.69) is 97.4 Å². The normalized spacial score (nSPS) is 16.7. The van der Waals surface area contributed by atoms with Gasteiger partial charge in [-0.3, -0.25) is 9.59 Å². The van der Waals surface area contributed by atoms with E-state index in [0.29, 0.717) is 59.2 Å². The molecule has 8 aromatic rings. The van der Waals surface area contributed by atoms with Crippen LogP contribution in [0.4, 0.5) is 32.8 Å². The SMILES string of the molecule is Cc1ccc(O[C@@H]2CCN(c3ccc(Br)cc3C(N)=O)C2)nc1.Cc1ccc(O[C@@H]2CCN(c3ccc(C#N)cc3C(N)=O)C2)nc1.Cc1ccc(O[C@@H]2CCNC2)nc1.Cl.[C-]#[N+]c1cc(Br)ccc1F.[C-]#[N+]c1cc(Br)ccc1N1CC[C@@H](Oc2ccc(C)cn2)C1. The second-order valence-corrected chi connectivity index (χ2v) is 24.8. The molecule has 0 aliphatic carbocycles. The fourth-order valence-electron chi connectivity index (χ4n) is 10.1. The zero-order valence-corrected chi connectivity index (χ0v) is 57.2. The van der Waals surface area contributed by atoms with Crippen LogP contribution in [0, 0.1) is 58.0 Å². The van der Waals surface area contributed by atoms with Crippen LogP contribution in [0.15, 0.2) is 160 Å². The summed E-state index contributed by atoms with van der Waals surface area (Å²) in [6, 6.07) is 38.2. The number of amides is 2. The van der Waals surface area contributed by atoms with Crippen LogP contribution in [0.5, 0.6) is 23.5 Å². The third kappa shape index (κ3) is 21.6. The quantitative estimate of drug-likeness (QED) is 0.0912. The minimum absolute atomic E-state index is 0. The summed E-state index contributed by atoms with van der Waals surface area (Å²) in [5.74, 6) is 1.20. The van der Waals surface area contributed by atoms with Crippen molar-refractivity contribution in [1.29, 1.82) is 5.26 Å². The van der Waals surface area contributed by atoms with Crippen LogP contribution in [0.3, 0.4) is 0 Å². The molecule has 4 aliphatic rings. The van der Waals surface area contributed by atoms with E-state index in [1.807, 2.05) is 125 Å². The Bertz CT molecular complexity index is 3930. The molecule has 5 N–H and O–H groups in total. The summed E-state index contributed by atoms with van der Waals surface area (Å²) < 4.78 is 38.5. The predicted molar refractivity (Wildman–Crippen MR) is 372 cm³/mol. The summed E-state index contributed by atoms with van der Waals surface area (Å²) in [4.78, 5) is 53.4. The van der Waals surface area contributed by atoms with Crippen LogP contribution in [0.25, 0.3) is 9.69 Å². The van der Waals surface area contributed by atoms with Crippen molar-refractivity contribution in [3.05, 3.63) is 227 Å². The Kier molecular flexibility index (Phi) is 27.1. The van der Waals surface area contributed by atoms with Crippen LogP contribution >= 0.6 is 60.2 Å². The molecule has 4 aromatic heterocycles. The van der Waals surface area contributed by atoms with Crippen molar-refractivity contribution in [3.8, 4) is 29.6 Å². The first-order valence-electron chi connectivity index (χ1n) is 29.6. The van der Waals surface area contributed by atoms with Crippen LogP contribution in [-0.2, 0) is 0 Å². The van der Waals surface area contributed by atoms with Gasteiger partial charge in [0.1, 0.15) is 30.2 Å². The number of anilines is 3. The van der Waals surface area contributed by atoms with E-state index in [1.165, 1.54) is 18.2 Å². The number of hydrogen-bond donors (Lipinski definition) is 3. The number of hydrogen-bond acceptors (Lipinski definition) is 15. The fraction of sp³-hybridized carbons (Fsp3) is 0.290. The molecular weight excluding hydrogens is 1400 g/mol. The fourth-order valence-corrected chi connectivity index (χ4v) is 11.2. The number of nitriles is 1. The maximum Gasteiger partial charge on any atom is 0.250 e. The molecule has 4 aromatic carbocycles. The van der Waals surface area contributed by atoms with E-state index < -0.39 is 17.6 Å². The Labute approximate surface area is 573 Å². The van der Waals surface area contributed by atoms with Crippen molar-refractivity contribution in [2.24, 2.45) is 11.5 Å². The van der Waals surface area contributed by atoms with Gasteiger partial charge in [-0.25, -0.2) is 34.0 Å². The maximum atomic E-state index is 12.5. The van der Waals surface area contributed by atoms with Gasteiger partial charge in [0.25, 0.3) is 11.8 Å². The molecule has 4 fully saturated rings. The number of pyridine rings is 4. The molecule has 8 heterocycles. The molecule has 0 spiro atoms. The minimum Gasteiger partial charge on any atom is -0.473 e. The maximum absolute atomic E-state index is 12.5. The Hall–Kier alpha value is -8.89. The molecule has 482 valence electrons. The standard InChI is InChI=1S/C18H18N4O2.C17H18BrN3O2.C17H16BrN3O.C10H14N2O.C7H3BrFN.ClH/c1-12-2-5-17(21-10-12)24-14-6-7-22(11-14)16-4-3-13(9-19)8-15(16)18(20)23;1-11-2-5-16(20-9-11)23-13-6-7-21(10-13)15-4-3-12(18)8-14(15)17(19)22;1-12-3-6-17(20-10-12)22-14-7-8-21(11-14)16-5-4-13(18)9-15(16)19-2;1-8-2-3-10(12-6-8)13-9-4-5-11-7-9;1-10-7-4-5(8)2-3-6(7)9;/h2-5,8,10,14H,6-7,11H2,1H3,(H2,20,23);2-5,8-9,13H,6-7,10H2,1H3,(H2,19,22);3-6,9-10,14H,7-8,11H2,1H3;2-3,6,9,11H,4-5,7H2,1H3;2-4H;1H/t14-;13-;14-;9-;;/m1111../s1. The summed E-state index contributed by atoms with van der Waals surface area (Å²) >= 11 is 9.92. The number of rotatable bonds is 13. The molecule has 19 nitrogen and oxygen atoms in total. The monoisotopic (exact) mass is 1470 g/mol. The van der Waals surface area contributed by atoms with Crippen molar-refractivity contribution in [3.63, 3.8) is 0 Å². The lowest BCUT2D eigenvalue weighted by atomic mass is 10.1. The highest BCUT2D eigenvalue weighted by molar-refractivity contribution is 9.11. The average molecular weight is 1470 g/mol. The second-order valence-electron chi connectivity index (χ2n) is 22.0. The van der Waals surface area contributed by atoms with E-state index in [9.17, 15) is 14.0 Å². The predicted octanol–water partition coefficient (Wildman–Crippen LogP) is 14.0. The molecule has 12 rings (SSSR count). The number of nitrogens with one attached hydrogen (secondary N) is 1. The smallest absolute Gasteiger partial charge is 0.250 e. The van der Waals surface area contributed by atoms with Gasteiger partial charge in [-0.2, -0.15) is 5.26 Å². The summed E-state index contributed by atoms with van der Waals surface area (Å²) in [5, 5.41) is 12.2. The number of benzene rings is 4. The summed E-state index contributed by atoms with van der Waals surface area (Å²) in [6.07, 6.45) is 11.4. The highest BCUT2D eigenvalue weighted by Gasteiger charge is 2.30. The van der Waals surface area contributed by atoms with E-state index in [0.717, 1.165) is 124 Å². The molecule has 4 atom stereocenters. The summed E-state index contributed by atoms with van der Waals surface area (Å²) in [5.41, 5.74) is 20.0. The molecule has 24 heteroatoms. The second kappa shape index (κ2) is 35.2. The van der Waals surface area contributed by atoms with Gasteiger partial charge < -0.3 is 50.4 Å². The Balaban J connectivity index is 0.000000169. The van der Waals surface area contributed by atoms with E-state index in [4.69, 9.17) is 48.8 Å². The third-order valence-electron chi connectivity index (χ3n) is 14.9. The first kappa shape index (κ1) is 71.5. The summed E-state index contributed by atoms with van der Waals surface area (Å²) in [7, 11) is 0. The van der Waals surface area contributed by atoms with Gasteiger partial charge in [-0.05, 0) is 136 Å². The lowest BCUT2D eigenvalue weighted by Crippen LogP contribution is -2.27. The number of carbonyl (C=O) groups is 2. The number of nitrogens with two attached hydrogens (primary N) is 2. The first-order chi connectivity index (χ1) is 44.3. The lowest BCUT2D eigenvalue weighted by molar-refractivity contribution is 0.0992. The molecular formula is C69H70Br3ClFN13O6. The molecule has 0 saturated carbocycles. The molecule has 0 radical (unpaired) electrons. The number of ether oxygens (including phenoxy) is 4. The molecule has 93 heavy (non-hydrogen) atoms. The largest absolute Gasteiger partial charge is 0.473 e. The van der Waals surface area contributed by atoms with Crippen LogP contribution in [-0.4, -0.2) is 109 Å². The molecule has 0 unspecified atom stereocenters. The zero-order chi connectivity index (χ0) is 65.7. The number of aryl methyl sites for hydroxylation is 4. The van der Waals surface area contributed by atoms with Gasteiger partial charge in [0.05, 0.1) is 55.5 Å². The van der Waals surface area contributed by atoms with E-state index in [1.54, 1.807) is 36.7 Å². The molecule has 4 aliphatic heterocycles. The average Bonchev–Trinajstić information content (AvgIpc) is 1.88. The van der Waals surface area contributed by atoms with Crippen molar-refractivity contribution >= 4 is 100 Å².